The zero-order valence-electron chi connectivity index (χ0n) is 7.12. The molecule has 0 bridgehead atoms. The molecule has 1 rings (SSSR count). The predicted octanol–water partition coefficient (Wildman–Crippen LogP) is 0.943. The lowest BCUT2D eigenvalue weighted by Crippen LogP contribution is -1.99. The number of tetrazole rings is 1. The summed E-state index contributed by atoms with van der Waals surface area (Å²) in [6, 6.07) is 0. The first-order chi connectivity index (χ1) is 5.34. The zero-order valence-corrected chi connectivity index (χ0v) is 7.12. The van der Waals surface area contributed by atoms with Crippen molar-refractivity contribution < 1.29 is 0 Å². The van der Waals surface area contributed by atoms with Gasteiger partial charge in [0.2, 0.25) is 0 Å². The third-order valence-corrected chi connectivity index (χ3v) is 1.71. The first-order valence-corrected chi connectivity index (χ1v) is 4.06. The Morgan fingerprint density at radius 2 is 2.18 bits per heavy atom. The highest BCUT2D eigenvalue weighted by atomic mass is 15.5. The maximum atomic E-state index is 3.89. The van der Waals surface area contributed by atoms with Crippen LogP contribution in [0.1, 0.15) is 32.0 Å². The van der Waals surface area contributed by atoms with Gasteiger partial charge in [0.15, 0.2) is 5.82 Å². The predicted molar refractivity (Wildman–Crippen MR) is 42.0 cm³/mol. The number of unbranched alkanes of at least 4 members (excludes halogenated alkanes) is 2. The van der Waals surface area contributed by atoms with Gasteiger partial charge in [0, 0.05) is 13.5 Å². The fourth-order valence-electron chi connectivity index (χ4n) is 0.993. The molecular formula is C7H14N4. The lowest BCUT2D eigenvalue weighted by Gasteiger charge is -1.96. The Kier molecular flexibility index (Phi) is 3.01. The van der Waals surface area contributed by atoms with E-state index in [0.29, 0.717) is 0 Å². The quantitative estimate of drug-likeness (QED) is 0.606. The maximum Gasteiger partial charge on any atom is 0.150 e. The van der Waals surface area contributed by atoms with Gasteiger partial charge in [-0.25, -0.2) is 4.68 Å². The summed E-state index contributed by atoms with van der Waals surface area (Å²) in [5, 5.41) is 11.2. The summed E-state index contributed by atoms with van der Waals surface area (Å²) in [5.41, 5.74) is 0. The van der Waals surface area contributed by atoms with Crippen molar-refractivity contribution in [3.05, 3.63) is 5.82 Å². The van der Waals surface area contributed by atoms with Crippen LogP contribution in [0.4, 0.5) is 0 Å². The van der Waals surface area contributed by atoms with Crippen molar-refractivity contribution >= 4 is 0 Å². The molecule has 0 amide bonds. The van der Waals surface area contributed by atoms with E-state index < -0.39 is 0 Å². The molecule has 0 saturated carbocycles. The van der Waals surface area contributed by atoms with E-state index in [-0.39, 0.29) is 0 Å². The van der Waals surface area contributed by atoms with Crippen LogP contribution >= 0.6 is 0 Å². The zero-order chi connectivity index (χ0) is 8.10. The highest BCUT2D eigenvalue weighted by Crippen LogP contribution is 2.00. The van der Waals surface area contributed by atoms with Crippen molar-refractivity contribution in [1.29, 1.82) is 0 Å². The molecule has 62 valence electrons. The van der Waals surface area contributed by atoms with E-state index >= 15 is 0 Å². The van der Waals surface area contributed by atoms with Crippen LogP contribution < -0.4 is 0 Å². The summed E-state index contributed by atoms with van der Waals surface area (Å²) >= 11 is 0. The van der Waals surface area contributed by atoms with Crippen LogP contribution in [-0.4, -0.2) is 20.2 Å². The van der Waals surface area contributed by atoms with Crippen LogP contribution in [0.15, 0.2) is 0 Å². The molecule has 0 fully saturated rings. The van der Waals surface area contributed by atoms with E-state index in [4.69, 9.17) is 0 Å². The van der Waals surface area contributed by atoms with Gasteiger partial charge in [0.05, 0.1) is 0 Å². The molecule has 0 aromatic carbocycles. The van der Waals surface area contributed by atoms with Gasteiger partial charge < -0.3 is 0 Å². The van der Waals surface area contributed by atoms with Gasteiger partial charge >= 0.3 is 0 Å². The molecule has 0 saturated heterocycles. The number of nitrogens with zero attached hydrogens (tertiary/aromatic N) is 4. The Bertz CT molecular complexity index is 206. The van der Waals surface area contributed by atoms with Crippen LogP contribution in [-0.2, 0) is 13.5 Å². The van der Waals surface area contributed by atoms with Crippen LogP contribution in [0.3, 0.4) is 0 Å². The number of hydrogen-bond acceptors (Lipinski definition) is 3. The summed E-state index contributed by atoms with van der Waals surface area (Å²) < 4.78 is 1.73. The summed E-state index contributed by atoms with van der Waals surface area (Å²) in [7, 11) is 1.88. The molecular weight excluding hydrogens is 140 g/mol. The second-order valence-electron chi connectivity index (χ2n) is 2.68. The summed E-state index contributed by atoms with van der Waals surface area (Å²) in [6.07, 6.45) is 4.68. The minimum atomic E-state index is 0.985. The Balaban J connectivity index is 2.32. The fraction of sp³-hybridized carbons (Fsp3) is 0.857. The first kappa shape index (κ1) is 8.17. The first-order valence-electron chi connectivity index (χ1n) is 4.06. The summed E-state index contributed by atoms with van der Waals surface area (Å²) in [5.74, 6) is 0.985. The topological polar surface area (TPSA) is 43.6 Å². The van der Waals surface area contributed by atoms with E-state index in [2.05, 4.69) is 22.4 Å². The third kappa shape index (κ3) is 2.29. The van der Waals surface area contributed by atoms with E-state index in [1.54, 1.807) is 4.68 Å². The highest BCUT2D eigenvalue weighted by Gasteiger charge is 1.99. The molecule has 1 heterocycles. The number of hydrogen-bond donors (Lipinski definition) is 0. The van der Waals surface area contributed by atoms with Gasteiger partial charge in [-0.15, -0.1) is 5.10 Å². The SMILES string of the molecule is CCCCCc1nnnn1C. The van der Waals surface area contributed by atoms with Crippen LogP contribution in [0.5, 0.6) is 0 Å². The number of aryl methyl sites for hydroxylation is 2. The number of rotatable bonds is 4. The van der Waals surface area contributed by atoms with E-state index in [1.807, 2.05) is 7.05 Å². The van der Waals surface area contributed by atoms with Crippen LogP contribution in [0, 0.1) is 0 Å². The Labute approximate surface area is 66.6 Å². The molecule has 1 aromatic rings. The molecule has 0 radical (unpaired) electrons. The average Bonchev–Trinajstić information content (AvgIpc) is 2.37. The minimum Gasteiger partial charge on any atom is -0.233 e. The van der Waals surface area contributed by atoms with Crippen molar-refractivity contribution in [2.45, 2.75) is 32.6 Å². The normalized spacial score (nSPS) is 10.4. The Hall–Kier alpha value is -0.930. The molecule has 4 nitrogen and oxygen atoms in total. The lowest BCUT2D eigenvalue weighted by atomic mass is 10.2. The van der Waals surface area contributed by atoms with Crippen molar-refractivity contribution in [2.75, 3.05) is 0 Å². The Morgan fingerprint density at radius 3 is 2.73 bits per heavy atom. The standard InChI is InChI=1S/C7H14N4/c1-3-4-5-6-7-8-9-10-11(7)2/h3-6H2,1-2H3. The Morgan fingerprint density at radius 1 is 1.36 bits per heavy atom. The van der Waals surface area contributed by atoms with Crippen molar-refractivity contribution in [1.82, 2.24) is 20.2 Å². The molecule has 0 aliphatic heterocycles. The van der Waals surface area contributed by atoms with Crippen LogP contribution in [0.2, 0.25) is 0 Å². The van der Waals surface area contributed by atoms with E-state index in [0.717, 1.165) is 12.2 Å². The van der Waals surface area contributed by atoms with Gasteiger partial charge in [-0.1, -0.05) is 19.8 Å². The van der Waals surface area contributed by atoms with Gasteiger partial charge in [-0.2, -0.15) is 0 Å². The van der Waals surface area contributed by atoms with Gasteiger partial charge in [0.1, 0.15) is 0 Å². The van der Waals surface area contributed by atoms with Crippen LogP contribution in [0.25, 0.3) is 0 Å². The monoisotopic (exact) mass is 154 g/mol. The van der Waals surface area contributed by atoms with E-state index in [1.165, 1.54) is 19.3 Å². The van der Waals surface area contributed by atoms with Gasteiger partial charge in [0.25, 0.3) is 0 Å². The van der Waals surface area contributed by atoms with Gasteiger partial charge in [-0.3, -0.25) is 0 Å². The lowest BCUT2D eigenvalue weighted by molar-refractivity contribution is 0.637. The third-order valence-electron chi connectivity index (χ3n) is 1.71. The van der Waals surface area contributed by atoms with Crippen molar-refractivity contribution in [3.8, 4) is 0 Å². The molecule has 0 spiro atoms. The number of aromatic nitrogens is 4. The molecule has 4 heteroatoms. The van der Waals surface area contributed by atoms with E-state index in [9.17, 15) is 0 Å². The minimum absolute atomic E-state index is 0.985. The second kappa shape index (κ2) is 4.05. The second-order valence-corrected chi connectivity index (χ2v) is 2.68. The largest absolute Gasteiger partial charge is 0.233 e. The van der Waals surface area contributed by atoms with Crippen molar-refractivity contribution in [2.24, 2.45) is 7.05 Å². The molecule has 0 N–H and O–H groups in total. The summed E-state index contributed by atoms with van der Waals surface area (Å²) in [6.45, 7) is 2.19. The molecule has 0 unspecified atom stereocenters. The smallest absolute Gasteiger partial charge is 0.150 e. The highest BCUT2D eigenvalue weighted by molar-refractivity contribution is 4.78. The molecule has 1 aromatic heterocycles. The molecule has 0 aliphatic rings. The fourth-order valence-corrected chi connectivity index (χ4v) is 0.993. The molecule has 0 atom stereocenters. The maximum absolute atomic E-state index is 3.89. The molecule has 11 heavy (non-hydrogen) atoms. The van der Waals surface area contributed by atoms with Gasteiger partial charge in [-0.05, 0) is 16.8 Å². The molecule has 0 aliphatic carbocycles. The van der Waals surface area contributed by atoms with Crippen molar-refractivity contribution in [3.63, 3.8) is 0 Å². The summed E-state index contributed by atoms with van der Waals surface area (Å²) in [4.78, 5) is 0. The average molecular weight is 154 g/mol.